The van der Waals surface area contributed by atoms with E-state index in [9.17, 15) is 19.5 Å². The quantitative estimate of drug-likeness (QED) is 0.619. The molecule has 1 aromatic rings. The summed E-state index contributed by atoms with van der Waals surface area (Å²) in [4.78, 5) is 40.4. The van der Waals surface area contributed by atoms with Crippen molar-refractivity contribution in [1.82, 2.24) is 10.2 Å². The molecule has 2 unspecified atom stereocenters. The molecule has 0 spiro atoms. The zero-order valence-electron chi connectivity index (χ0n) is 16.6. The molecule has 0 aromatic heterocycles. The van der Waals surface area contributed by atoms with Crippen LogP contribution < -0.4 is 16.0 Å². The number of amides is 2. The number of nitrogens with one attached hydrogen (secondary N) is 1. The van der Waals surface area contributed by atoms with Crippen molar-refractivity contribution >= 4 is 35.2 Å². The highest BCUT2D eigenvalue weighted by Gasteiger charge is 2.70. The molecule has 9 heteroatoms. The fourth-order valence-corrected chi connectivity index (χ4v) is 5.45. The van der Waals surface area contributed by atoms with E-state index in [1.807, 2.05) is 31.1 Å². The van der Waals surface area contributed by atoms with Gasteiger partial charge in [-0.15, -0.1) is 11.8 Å². The summed E-state index contributed by atoms with van der Waals surface area (Å²) in [5, 5.41) is 11.8. The molecule has 0 aliphatic carbocycles. The topological polar surface area (TPSA) is 116 Å². The van der Waals surface area contributed by atoms with E-state index in [4.69, 9.17) is 5.73 Å². The van der Waals surface area contributed by atoms with Crippen LogP contribution in [-0.2, 0) is 14.4 Å². The summed E-state index contributed by atoms with van der Waals surface area (Å²) in [6.45, 7) is 5.22. The molecule has 2 aliphatic heterocycles. The van der Waals surface area contributed by atoms with E-state index in [-0.39, 0.29) is 0 Å². The summed E-state index contributed by atoms with van der Waals surface area (Å²) in [5.74, 6) is -1.91. The molecule has 152 valence electrons. The first kappa shape index (κ1) is 20.5. The number of carbonyl (C=O) groups is 3. The summed E-state index contributed by atoms with van der Waals surface area (Å²) in [7, 11) is 3.84. The average Bonchev–Trinajstić information content (AvgIpc) is 2.90. The summed E-state index contributed by atoms with van der Waals surface area (Å²) >= 11 is 1.38. The van der Waals surface area contributed by atoms with E-state index in [1.165, 1.54) is 16.7 Å². The Labute approximate surface area is 168 Å². The highest BCUT2D eigenvalue weighted by molar-refractivity contribution is 8.01. The molecule has 1 aromatic carbocycles. The first-order valence-corrected chi connectivity index (χ1v) is 9.86. The van der Waals surface area contributed by atoms with Crippen molar-refractivity contribution in [2.45, 2.75) is 48.5 Å². The van der Waals surface area contributed by atoms with Crippen LogP contribution in [0.25, 0.3) is 0 Å². The van der Waals surface area contributed by atoms with Gasteiger partial charge in [-0.2, -0.15) is 0 Å². The zero-order valence-corrected chi connectivity index (χ0v) is 17.4. The van der Waals surface area contributed by atoms with Gasteiger partial charge in [-0.1, -0.05) is 12.1 Å². The van der Waals surface area contributed by atoms with Gasteiger partial charge in [-0.05, 0) is 38.5 Å². The van der Waals surface area contributed by atoms with E-state index in [0.29, 0.717) is 5.56 Å². The second kappa shape index (κ2) is 6.66. The van der Waals surface area contributed by atoms with Crippen molar-refractivity contribution in [2.75, 3.05) is 19.0 Å². The van der Waals surface area contributed by atoms with Gasteiger partial charge in [-0.25, -0.2) is 4.79 Å². The van der Waals surface area contributed by atoms with E-state index in [2.05, 4.69) is 5.32 Å². The monoisotopic (exact) mass is 406 g/mol. The lowest BCUT2D eigenvalue weighted by Crippen LogP contribution is -2.78. The lowest BCUT2D eigenvalue weighted by Gasteiger charge is -2.51. The maximum Gasteiger partial charge on any atom is 0.327 e. The average molecular weight is 407 g/mol. The van der Waals surface area contributed by atoms with Gasteiger partial charge in [0.25, 0.3) is 5.91 Å². The Bertz CT molecular complexity index is 826. The number of nitrogens with zero attached hydrogens (tertiary/aromatic N) is 2. The maximum absolute atomic E-state index is 12.8. The Morgan fingerprint density at radius 1 is 1.25 bits per heavy atom. The molecule has 4 N–H and O–H groups in total. The molecule has 4 atom stereocenters. The van der Waals surface area contributed by atoms with Gasteiger partial charge in [-0.3, -0.25) is 9.59 Å². The van der Waals surface area contributed by atoms with Gasteiger partial charge in [0, 0.05) is 24.5 Å². The minimum absolute atomic E-state index is 0.397. The number of hydrogen-bond donors (Lipinski definition) is 3. The van der Waals surface area contributed by atoms with E-state index in [0.717, 1.165) is 5.69 Å². The van der Waals surface area contributed by atoms with E-state index < -0.39 is 45.5 Å². The van der Waals surface area contributed by atoms with Crippen molar-refractivity contribution in [3.63, 3.8) is 0 Å². The lowest BCUT2D eigenvalue weighted by atomic mass is 9.85. The number of carbonyl (C=O) groups excluding carboxylic acids is 2. The van der Waals surface area contributed by atoms with Gasteiger partial charge in [0.1, 0.15) is 23.0 Å². The third-order valence-electron chi connectivity index (χ3n) is 5.45. The van der Waals surface area contributed by atoms with E-state index in [1.54, 1.807) is 32.9 Å². The van der Waals surface area contributed by atoms with Crippen molar-refractivity contribution in [2.24, 2.45) is 5.73 Å². The number of carboxylic acid groups (broad SMARTS) is 1. The molecule has 2 amide bonds. The van der Waals surface area contributed by atoms with Crippen LogP contribution in [0.4, 0.5) is 5.69 Å². The normalized spacial score (nSPS) is 28.9. The number of thioether (sulfide) groups is 1. The molecule has 0 bridgehead atoms. The predicted octanol–water partition coefficient (Wildman–Crippen LogP) is 0.774. The van der Waals surface area contributed by atoms with Gasteiger partial charge in [0.2, 0.25) is 5.91 Å². The standard InChI is InChI=1S/C19H26N4O4S/c1-18(2)13(15(25)26)23-16(27)19(3,17(23)28-18)21-14(24)12(20)10-6-8-11(9-7-10)22(4)5/h6-9,12-13,17H,20H2,1-5H3,(H,21,24)(H,25,26)/t12?,13-,17+,19?/m0/s1. The number of carboxylic acids is 1. The Morgan fingerprint density at radius 2 is 1.82 bits per heavy atom. The smallest absolute Gasteiger partial charge is 0.327 e. The van der Waals surface area contributed by atoms with Crippen LogP contribution in [0.3, 0.4) is 0 Å². The number of aliphatic carboxylic acids is 1. The number of β-lactam (4-membered cyclic amide) rings is 1. The van der Waals surface area contributed by atoms with Crippen LogP contribution >= 0.6 is 11.8 Å². The maximum atomic E-state index is 12.8. The van der Waals surface area contributed by atoms with Crippen LogP contribution in [0.1, 0.15) is 32.4 Å². The van der Waals surface area contributed by atoms with Gasteiger partial charge < -0.3 is 26.0 Å². The second-order valence-corrected chi connectivity index (χ2v) is 9.92. The number of nitrogens with two attached hydrogens (primary N) is 1. The molecule has 2 fully saturated rings. The largest absolute Gasteiger partial charge is 0.480 e. The Kier molecular flexibility index (Phi) is 4.87. The van der Waals surface area contributed by atoms with Gasteiger partial charge in [0.15, 0.2) is 0 Å². The molecule has 2 heterocycles. The summed E-state index contributed by atoms with van der Waals surface area (Å²) in [6, 6.07) is 5.45. The fourth-order valence-electron chi connectivity index (χ4n) is 3.80. The molecule has 0 saturated carbocycles. The summed E-state index contributed by atoms with van der Waals surface area (Å²) in [6.07, 6.45) is 0. The van der Waals surface area contributed by atoms with Crippen molar-refractivity contribution in [1.29, 1.82) is 0 Å². The molecule has 3 rings (SSSR count). The fraction of sp³-hybridized carbons (Fsp3) is 0.526. The number of anilines is 1. The van der Waals surface area contributed by atoms with Crippen LogP contribution in [0.2, 0.25) is 0 Å². The highest BCUT2D eigenvalue weighted by atomic mass is 32.2. The third kappa shape index (κ3) is 3.02. The van der Waals surface area contributed by atoms with E-state index >= 15 is 0 Å². The SMILES string of the molecule is CN(C)c1ccc(C(N)C(=O)NC2(C)C(=O)N3[C@@H](C(=O)O)C(C)(C)S[C@@H]32)cc1. The highest BCUT2D eigenvalue weighted by Crippen LogP contribution is 2.54. The molecular weight excluding hydrogens is 380 g/mol. The molecular formula is C19H26N4O4S. The lowest BCUT2D eigenvalue weighted by molar-refractivity contribution is -0.168. The Balaban J connectivity index is 1.75. The van der Waals surface area contributed by atoms with Crippen LogP contribution in [-0.4, -0.2) is 63.6 Å². The first-order valence-electron chi connectivity index (χ1n) is 8.98. The summed E-state index contributed by atoms with van der Waals surface area (Å²) in [5.41, 5.74) is 6.56. The van der Waals surface area contributed by atoms with Crippen molar-refractivity contribution in [3.8, 4) is 0 Å². The number of rotatable bonds is 5. The molecule has 28 heavy (non-hydrogen) atoms. The minimum atomic E-state index is -1.18. The van der Waals surface area contributed by atoms with Gasteiger partial charge in [0.05, 0.1) is 0 Å². The second-order valence-electron chi connectivity index (χ2n) is 8.18. The Morgan fingerprint density at radius 3 is 2.32 bits per heavy atom. The van der Waals surface area contributed by atoms with Gasteiger partial charge >= 0.3 is 5.97 Å². The van der Waals surface area contributed by atoms with Crippen LogP contribution in [0.15, 0.2) is 24.3 Å². The van der Waals surface area contributed by atoms with Crippen molar-refractivity contribution < 1.29 is 19.5 Å². The first-order chi connectivity index (χ1) is 12.9. The Hall–Kier alpha value is -2.26. The predicted molar refractivity (Wildman–Crippen MR) is 108 cm³/mol. The van der Waals surface area contributed by atoms with Crippen molar-refractivity contribution in [3.05, 3.63) is 29.8 Å². The molecule has 2 aliphatic rings. The minimum Gasteiger partial charge on any atom is -0.480 e. The molecule has 2 saturated heterocycles. The third-order valence-corrected chi connectivity index (χ3v) is 7.20. The number of benzene rings is 1. The molecule has 0 radical (unpaired) electrons. The summed E-state index contributed by atoms with van der Waals surface area (Å²) < 4.78 is -0.654. The van der Waals surface area contributed by atoms with Crippen LogP contribution in [0, 0.1) is 0 Å². The van der Waals surface area contributed by atoms with Crippen LogP contribution in [0.5, 0.6) is 0 Å². The zero-order chi connectivity index (χ0) is 21.0. The number of hydrogen-bond acceptors (Lipinski definition) is 6. The number of fused-ring (bicyclic) bond motifs is 1. The molecule has 8 nitrogen and oxygen atoms in total.